The zero-order valence-corrected chi connectivity index (χ0v) is 9.71. The number of esters is 1. The molecule has 0 saturated heterocycles. The summed E-state index contributed by atoms with van der Waals surface area (Å²) in [5, 5.41) is 2.56. The summed E-state index contributed by atoms with van der Waals surface area (Å²) in [5.41, 5.74) is 0. The molecule has 0 aromatic rings. The van der Waals surface area contributed by atoms with Crippen molar-refractivity contribution in [2.24, 2.45) is 0 Å². The minimum Gasteiger partial charge on any atom is -0.469 e. The summed E-state index contributed by atoms with van der Waals surface area (Å²) in [7, 11) is 2.97. The van der Waals surface area contributed by atoms with Crippen LogP contribution in [0.25, 0.3) is 0 Å². The van der Waals surface area contributed by atoms with E-state index >= 15 is 0 Å². The second kappa shape index (κ2) is 8.23. The summed E-state index contributed by atoms with van der Waals surface area (Å²) in [6.07, 6.45) is 1.28. The van der Waals surface area contributed by atoms with E-state index in [2.05, 4.69) is 10.1 Å². The van der Waals surface area contributed by atoms with Gasteiger partial charge in [-0.2, -0.15) is 0 Å². The van der Waals surface area contributed by atoms with Gasteiger partial charge in [-0.1, -0.05) is 6.92 Å². The molecular weight excluding hydrogens is 196 g/mol. The Morgan fingerprint density at radius 2 is 2.00 bits per heavy atom. The Morgan fingerprint density at radius 3 is 2.47 bits per heavy atom. The van der Waals surface area contributed by atoms with Gasteiger partial charge in [0.15, 0.2) is 0 Å². The van der Waals surface area contributed by atoms with Crippen molar-refractivity contribution < 1.29 is 14.3 Å². The molecule has 0 saturated carbocycles. The molecule has 1 N–H and O–H groups in total. The summed E-state index contributed by atoms with van der Waals surface area (Å²) >= 11 is 0. The highest BCUT2D eigenvalue weighted by atomic mass is 16.5. The molecule has 0 spiro atoms. The van der Waals surface area contributed by atoms with E-state index in [-0.39, 0.29) is 11.9 Å². The van der Waals surface area contributed by atoms with Gasteiger partial charge >= 0.3 is 5.97 Å². The maximum absolute atomic E-state index is 11.1. The Balaban J connectivity index is 3.92. The highest BCUT2D eigenvalue weighted by Gasteiger charge is 2.10. The third-order valence-corrected chi connectivity index (χ3v) is 2.05. The first-order chi connectivity index (χ1) is 7.13. The van der Waals surface area contributed by atoms with Crippen LogP contribution in [0.2, 0.25) is 0 Å². The topological polar surface area (TPSA) is 58.6 Å². The van der Waals surface area contributed by atoms with E-state index in [1.807, 2.05) is 11.8 Å². The summed E-state index contributed by atoms with van der Waals surface area (Å²) in [5.74, 6) is -0.277. The van der Waals surface area contributed by atoms with Gasteiger partial charge in [0.25, 0.3) is 0 Å². The normalized spacial score (nSPS) is 10.1. The molecule has 0 heterocycles. The van der Waals surface area contributed by atoms with Crippen LogP contribution >= 0.6 is 0 Å². The fourth-order valence-electron chi connectivity index (χ4n) is 1.22. The SMILES string of the molecule is CCCN(CCC(=O)OC)CC(=O)NC. The Morgan fingerprint density at radius 1 is 1.33 bits per heavy atom. The molecule has 0 aliphatic heterocycles. The molecule has 1 amide bonds. The molecule has 0 aromatic carbocycles. The summed E-state index contributed by atoms with van der Waals surface area (Å²) in [6.45, 7) is 3.74. The fraction of sp³-hybridized carbons (Fsp3) is 0.800. The maximum Gasteiger partial charge on any atom is 0.306 e. The van der Waals surface area contributed by atoms with E-state index in [1.165, 1.54) is 7.11 Å². The molecule has 0 aliphatic carbocycles. The van der Waals surface area contributed by atoms with Crippen LogP contribution in [-0.2, 0) is 14.3 Å². The number of amides is 1. The standard InChI is InChI=1S/C10H20N2O3/c1-4-6-12(8-9(13)11-2)7-5-10(14)15-3/h4-8H2,1-3H3,(H,11,13). The second-order valence-corrected chi connectivity index (χ2v) is 3.28. The van der Waals surface area contributed by atoms with Crippen molar-refractivity contribution >= 4 is 11.9 Å². The molecule has 0 aliphatic rings. The van der Waals surface area contributed by atoms with Crippen LogP contribution in [0.15, 0.2) is 0 Å². The number of methoxy groups -OCH3 is 1. The Hall–Kier alpha value is -1.10. The molecule has 0 bridgehead atoms. The maximum atomic E-state index is 11.1. The minimum atomic E-state index is -0.243. The number of hydrogen-bond acceptors (Lipinski definition) is 4. The van der Waals surface area contributed by atoms with Crippen molar-refractivity contribution in [1.82, 2.24) is 10.2 Å². The van der Waals surface area contributed by atoms with Crippen LogP contribution in [0.1, 0.15) is 19.8 Å². The molecule has 0 fully saturated rings. The van der Waals surface area contributed by atoms with E-state index in [0.29, 0.717) is 19.5 Å². The van der Waals surface area contributed by atoms with Crippen molar-refractivity contribution in [3.63, 3.8) is 0 Å². The first-order valence-corrected chi connectivity index (χ1v) is 5.13. The van der Waals surface area contributed by atoms with Crippen LogP contribution in [0, 0.1) is 0 Å². The molecule has 88 valence electrons. The quantitative estimate of drug-likeness (QED) is 0.609. The van der Waals surface area contributed by atoms with Gasteiger partial charge in [-0.25, -0.2) is 0 Å². The Kier molecular flexibility index (Phi) is 7.62. The Labute approximate surface area is 90.8 Å². The molecule has 0 atom stereocenters. The molecule has 5 heteroatoms. The van der Waals surface area contributed by atoms with E-state index in [9.17, 15) is 9.59 Å². The zero-order chi connectivity index (χ0) is 11.7. The number of likely N-dealkylation sites (N-methyl/N-ethyl adjacent to an activating group) is 1. The summed E-state index contributed by atoms with van der Waals surface area (Å²) < 4.78 is 4.54. The first kappa shape index (κ1) is 13.9. The van der Waals surface area contributed by atoms with Gasteiger partial charge in [0, 0.05) is 13.6 Å². The highest BCUT2D eigenvalue weighted by Crippen LogP contribution is 1.95. The molecule has 0 aromatic heterocycles. The summed E-state index contributed by atoms with van der Waals surface area (Å²) in [4.78, 5) is 24.0. The number of rotatable bonds is 7. The smallest absolute Gasteiger partial charge is 0.306 e. The number of hydrogen-bond donors (Lipinski definition) is 1. The van der Waals surface area contributed by atoms with Crippen molar-refractivity contribution in [3.8, 4) is 0 Å². The predicted molar refractivity (Wildman–Crippen MR) is 57.4 cm³/mol. The minimum absolute atomic E-state index is 0.0340. The lowest BCUT2D eigenvalue weighted by Gasteiger charge is -2.19. The monoisotopic (exact) mass is 216 g/mol. The number of ether oxygens (including phenoxy) is 1. The number of carbonyl (C=O) groups excluding carboxylic acids is 2. The van der Waals surface area contributed by atoms with Crippen molar-refractivity contribution in [2.75, 3.05) is 33.8 Å². The van der Waals surface area contributed by atoms with Crippen molar-refractivity contribution in [3.05, 3.63) is 0 Å². The third-order valence-electron chi connectivity index (χ3n) is 2.05. The Bertz CT molecular complexity index is 207. The van der Waals surface area contributed by atoms with Crippen LogP contribution < -0.4 is 5.32 Å². The first-order valence-electron chi connectivity index (χ1n) is 5.13. The van der Waals surface area contributed by atoms with Crippen LogP contribution in [0.5, 0.6) is 0 Å². The average Bonchev–Trinajstić information content (AvgIpc) is 2.25. The predicted octanol–water partition coefficient (Wildman–Crippen LogP) is 0.00750. The van der Waals surface area contributed by atoms with Gasteiger partial charge in [0.2, 0.25) is 5.91 Å². The lowest BCUT2D eigenvalue weighted by atomic mass is 10.3. The number of carbonyl (C=O) groups is 2. The van der Waals surface area contributed by atoms with Gasteiger partial charge in [0.1, 0.15) is 0 Å². The molecule has 5 nitrogen and oxygen atoms in total. The molecule has 0 unspecified atom stereocenters. The third kappa shape index (κ3) is 6.90. The van der Waals surface area contributed by atoms with Gasteiger partial charge in [0.05, 0.1) is 20.1 Å². The zero-order valence-electron chi connectivity index (χ0n) is 9.71. The molecule has 0 radical (unpaired) electrons. The van der Waals surface area contributed by atoms with Crippen LogP contribution in [0.4, 0.5) is 0 Å². The lowest BCUT2D eigenvalue weighted by Crippen LogP contribution is -2.37. The second-order valence-electron chi connectivity index (χ2n) is 3.28. The lowest BCUT2D eigenvalue weighted by molar-refractivity contribution is -0.141. The summed E-state index contributed by atoms with van der Waals surface area (Å²) in [6, 6.07) is 0. The van der Waals surface area contributed by atoms with Crippen molar-refractivity contribution in [2.45, 2.75) is 19.8 Å². The molecular formula is C10H20N2O3. The largest absolute Gasteiger partial charge is 0.469 e. The van der Waals surface area contributed by atoms with E-state index in [0.717, 1.165) is 13.0 Å². The molecule has 0 rings (SSSR count). The van der Waals surface area contributed by atoms with E-state index in [4.69, 9.17) is 0 Å². The van der Waals surface area contributed by atoms with Gasteiger partial charge < -0.3 is 10.1 Å². The van der Waals surface area contributed by atoms with Gasteiger partial charge in [-0.3, -0.25) is 14.5 Å². The van der Waals surface area contributed by atoms with Gasteiger partial charge in [-0.05, 0) is 13.0 Å². The van der Waals surface area contributed by atoms with Crippen LogP contribution in [-0.4, -0.2) is 50.6 Å². The van der Waals surface area contributed by atoms with Gasteiger partial charge in [-0.15, -0.1) is 0 Å². The molecule has 15 heavy (non-hydrogen) atoms. The van der Waals surface area contributed by atoms with Crippen LogP contribution in [0.3, 0.4) is 0 Å². The average molecular weight is 216 g/mol. The number of nitrogens with zero attached hydrogens (tertiary/aromatic N) is 1. The van der Waals surface area contributed by atoms with Crippen molar-refractivity contribution in [1.29, 1.82) is 0 Å². The number of nitrogens with one attached hydrogen (secondary N) is 1. The highest BCUT2D eigenvalue weighted by molar-refractivity contribution is 5.77. The fourth-order valence-corrected chi connectivity index (χ4v) is 1.22. The van der Waals surface area contributed by atoms with E-state index < -0.39 is 0 Å². The van der Waals surface area contributed by atoms with E-state index in [1.54, 1.807) is 7.05 Å².